The van der Waals surface area contributed by atoms with Gasteiger partial charge in [0.2, 0.25) is 15.9 Å². The van der Waals surface area contributed by atoms with Gasteiger partial charge in [-0.25, -0.2) is 13.8 Å². The Morgan fingerprint density at radius 2 is 1.68 bits per heavy atom. The van der Waals surface area contributed by atoms with Crippen LogP contribution in [0.25, 0.3) is 0 Å². The molecule has 0 radical (unpaired) electrons. The largest absolute Gasteiger partial charge is 0.273 e. The van der Waals surface area contributed by atoms with Gasteiger partial charge in [-0.1, -0.05) is 47.5 Å². The number of carbonyl (C=O) groups excluding carboxylic acids is 1. The summed E-state index contributed by atoms with van der Waals surface area (Å²) in [7, 11) is -3.60. The minimum absolute atomic E-state index is 0.169. The summed E-state index contributed by atoms with van der Waals surface area (Å²) in [4.78, 5) is 12.7. The first kappa shape index (κ1) is 20.2. The molecular formula is C21H25N3O3S. The number of nitrogens with zero attached hydrogens (tertiary/aromatic N) is 2. The Hall–Kier alpha value is -2.51. The molecule has 1 N–H and O–H groups in total. The van der Waals surface area contributed by atoms with E-state index >= 15 is 0 Å². The molecule has 0 saturated carbocycles. The maximum atomic E-state index is 12.9. The molecule has 0 aromatic heterocycles. The summed E-state index contributed by atoms with van der Waals surface area (Å²) < 4.78 is 27.1. The Labute approximate surface area is 166 Å². The molecule has 1 atom stereocenters. The van der Waals surface area contributed by atoms with Crippen LogP contribution in [0.5, 0.6) is 0 Å². The molecule has 0 aliphatic carbocycles. The molecule has 0 bridgehead atoms. The molecular weight excluding hydrogens is 374 g/mol. The fourth-order valence-corrected chi connectivity index (χ4v) is 4.67. The van der Waals surface area contributed by atoms with E-state index in [1.165, 1.54) is 4.31 Å². The van der Waals surface area contributed by atoms with E-state index in [4.69, 9.17) is 0 Å². The first-order valence-electron chi connectivity index (χ1n) is 9.32. The van der Waals surface area contributed by atoms with Gasteiger partial charge in [0.1, 0.15) is 0 Å². The van der Waals surface area contributed by atoms with Crippen molar-refractivity contribution in [2.45, 2.75) is 31.6 Å². The van der Waals surface area contributed by atoms with E-state index in [2.05, 4.69) is 10.5 Å². The van der Waals surface area contributed by atoms with Gasteiger partial charge < -0.3 is 0 Å². The van der Waals surface area contributed by atoms with Gasteiger partial charge in [0.05, 0.1) is 17.0 Å². The van der Waals surface area contributed by atoms with Gasteiger partial charge in [-0.2, -0.15) is 9.41 Å². The van der Waals surface area contributed by atoms with Crippen LogP contribution in [-0.4, -0.2) is 37.9 Å². The fourth-order valence-electron chi connectivity index (χ4n) is 3.15. The molecule has 0 spiro atoms. The molecule has 1 amide bonds. The van der Waals surface area contributed by atoms with E-state index in [1.54, 1.807) is 30.5 Å². The summed E-state index contributed by atoms with van der Waals surface area (Å²) in [6.45, 7) is 4.51. The number of carbonyl (C=O) groups is 1. The number of piperidine rings is 1. The number of benzene rings is 2. The lowest BCUT2D eigenvalue weighted by Gasteiger charge is -2.30. The highest BCUT2D eigenvalue weighted by Gasteiger charge is 2.33. The second-order valence-electron chi connectivity index (χ2n) is 7.16. The van der Waals surface area contributed by atoms with Gasteiger partial charge in [0.25, 0.3) is 0 Å². The number of sulfonamides is 1. The lowest BCUT2D eigenvalue weighted by molar-refractivity contribution is -0.126. The molecule has 148 valence electrons. The van der Waals surface area contributed by atoms with Crippen LogP contribution < -0.4 is 5.43 Å². The molecule has 0 unspecified atom stereocenters. The van der Waals surface area contributed by atoms with Crippen LogP contribution in [-0.2, 0) is 14.8 Å². The van der Waals surface area contributed by atoms with E-state index in [9.17, 15) is 13.2 Å². The molecule has 6 nitrogen and oxygen atoms in total. The van der Waals surface area contributed by atoms with E-state index in [-0.39, 0.29) is 17.3 Å². The molecule has 2 aromatic carbocycles. The number of amides is 1. The smallest absolute Gasteiger partial charge is 0.244 e. The van der Waals surface area contributed by atoms with Crippen molar-refractivity contribution in [1.29, 1.82) is 0 Å². The normalized spacial score (nSPS) is 18.3. The predicted molar refractivity (Wildman–Crippen MR) is 110 cm³/mol. The van der Waals surface area contributed by atoms with Gasteiger partial charge >= 0.3 is 0 Å². The topological polar surface area (TPSA) is 78.8 Å². The van der Waals surface area contributed by atoms with Crippen LogP contribution in [0.15, 0.2) is 58.5 Å². The first-order chi connectivity index (χ1) is 13.4. The quantitative estimate of drug-likeness (QED) is 0.620. The van der Waals surface area contributed by atoms with Crippen LogP contribution in [0, 0.1) is 19.8 Å². The Morgan fingerprint density at radius 3 is 2.32 bits per heavy atom. The van der Waals surface area contributed by atoms with Crippen LogP contribution in [0.1, 0.15) is 29.5 Å². The molecule has 1 heterocycles. The van der Waals surface area contributed by atoms with E-state index in [0.29, 0.717) is 19.4 Å². The van der Waals surface area contributed by atoms with Gasteiger partial charge in [0, 0.05) is 13.1 Å². The van der Waals surface area contributed by atoms with E-state index < -0.39 is 15.9 Å². The third-order valence-corrected chi connectivity index (χ3v) is 6.76. The van der Waals surface area contributed by atoms with Crippen molar-refractivity contribution in [2.75, 3.05) is 13.1 Å². The van der Waals surface area contributed by atoms with Gasteiger partial charge in [-0.3, -0.25) is 4.79 Å². The van der Waals surface area contributed by atoms with Gasteiger partial charge in [0.15, 0.2) is 0 Å². The number of aryl methyl sites for hydroxylation is 2. The minimum atomic E-state index is -3.60. The summed E-state index contributed by atoms with van der Waals surface area (Å²) >= 11 is 0. The highest BCUT2D eigenvalue weighted by atomic mass is 32.2. The highest BCUT2D eigenvalue weighted by Crippen LogP contribution is 2.24. The zero-order valence-electron chi connectivity index (χ0n) is 16.1. The molecule has 1 fully saturated rings. The van der Waals surface area contributed by atoms with Crippen LogP contribution in [0.2, 0.25) is 0 Å². The van der Waals surface area contributed by atoms with Crippen LogP contribution in [0.4, 0.5) is 0 Å². The Bertz CT molecular complexity index is 951. The molecule has 1 aliphatic rings. The number of nitrogens with one attached hydrogen (secondary N) is 1. The summed E-state index contributed by atoms with van der Waals surface area (Å²) in [6.07, 6.45) is 2.87. The number of rotatable bonds is 5. The summed E-state index contributed by atoms with van der Waals surface area (Å²) in [6, 6.07) is 14.6. The predicted octanol–water partition coefficient (Wildman–Crippen LogP) is 2.85. The first-order valence-corrected chi connectivity index (χ1v) is 10.8. The van der Waals surface area contributed by atoms with Gasteiger partial charge in [-0.05, 0) is 44.4 Å². The lowest BCUT2D eigenvalue weighted by atomic mass is 9.99. The Kier molecular flexibility index (Phi) is 6.26. The van der Waals surface area contributed by atoms with Crippen molar-refractivity contribution in [3.05, 3.63) is 65.2 Å². The summed E-state index contributed by atoms with van der Waals surface area (Å²) in [5.74, 6) is -0.670. The molecule has 7 heteroatoms. The van der Waals surface area contributed by atoms with Crippen molar-refractivity contribution >= 4 is 22.1 Å². The summed E-state index contributed by atoms with van der Waals surface area (Å²) in [5.41, 5.74) is 5.58. The van der Waals surface area contributed by atoms with E-state index in [1.807, 2.05) is 38.1 Å². The van der Waals surface area contributed by atoms with Crippen molar-refractivity contribution in [3.63, 3.8) is 0 Å². The van der Waals surface area contributed by atoms with Crippen molar-refractivity contribution in [2.24, 2.45) is 11.0 Å². The number of hydrazone groups is 1. The SMILES string of the molecule is Cc1ccc(/C=N\NC(=O)[C@@H]2CCCN(S(=O)(=O)c3ccc(C)cc3)C2)cc1. The molecule has 1 aliphatic heterocycles. The molecule has 2 aromatic rings. The Balaban J connectivity index is 1.63. The highest BCUT2D eigenvalue weighted by molar-refractivity contribution is 7.89. The molecule has 3 rings (SSSR count). The average molecular weight is 400 g/mol. The number of hydrogen-bond acceptors (Lipinski definition) is 4. The summed E-state index contributed by atoms with van der Waals surface area (Å²) in [5, 5.41) is 4.01. The maximum absolute atomic E-state index is 12.9. The average Bonchev–Trinajstić information content (AvgIpc) is 2.70. The lowest BCUT2D eigenvalue weighted by Crippen LogP contribution is -2.44. The fraction of sp³-hybridized carbons (Fsp3) is 0.333. The minimum Gasteiger partial charge on any atom is -0.273 e. The standard InChI is InChI=1S/C21H25N3O3S/c1-16-5-9-18(10-6-16)14-22-23-21(25)19-4-3-13-24(15-19)28(26,27)20-11-7-17(2)8-12-20/h5-12,14,19H,3-4,13,15H2,1-2H3,(H,23,25)/b22-14-/t19-/m1/s1. The van der Waals surface area contributed by atoms with Crippen molar-refractivity contribution < 1.29 is 13.2 Å². The third-order valence-electron chi connectivity index (χ3n) is 4.88. The van der Waals surface area contributed by atoms with Gasteiger partial charge in [-0.15, -0.1) is 0 Å². The van der Waals surface area contributed by atoms with Crippen molar-refractivity contribution in [3.8, 4) is 0 Å². The zero-order valence-corrected chi connectivity index (χ0v) is 16.9. The van der Waals surface area contributed by atoms with Crippen molar-refractivity contribution in [1.82, 2.24) is 9.73 Å². The second-order valence-corrected chi connectivity index (χ2v) is 9.10. The van der Waals surface area contributed by atoms with Crippen LogP contribution in [0.3, 0.4) is 0 Å². The van der Waals surface area contributed by atoms with Crippen LogP contribution >= 0.6 is 0 Å². The second kappa shape index (κ2) is 8.67. The number of hydrogen-bond donors (Lipinski definition) is 1. The van der Waals surface area contributed by atoms with E-state index in [0.717, 1.165) is 16.7 Å². The Morgan fingerprint density at radius 1 is 1.07 bits per heavy atom. The third kappa shape index (κ3) is 4.85. The molecule has 28 heavy (non-hydrogen) atoms. The molecule has 1 saturated heterocycles. The maximum Gasteiger partial charge on any atom is 0.244 e. The monoisotopic (exact) mass is 399 g/mol. The zero-order chi connectivity index (χ0) is 20.1.